The van der Waals surface area contributed by atoms with Gasteiger partial charge < -0.3 is 4.74 Å². The molecule has 0 radical (unpaired) electrons. The lowest BCUT2D eigenvalue weighted by atomic mass is 9.87. The van der Waals surface area contributed by atoms with Crippen molar-refractivity contribution in [1.82, 2.24) is 0 Å². The highest BCUT2D eigenvalue weighted by molar-refractivity contribution is 7.92. The Balaban J connectivity index is 1.81. The zero-order valence-corrected chi connectivity index (χ0v) is 12.6. The van der Waals surface area contributed by atoms with Gasteiger partial charge in [0.2, 0.25) is 5.90 Å². The Bertz CT molecular complexity index is 497. The normalized spacial score (nSPS) is 31.6. The zero-order valence-electron chi connectivity index (χ0n) is 11.8. The smallest absolute Gasteiger partial charge is 0.265 e. The minimum Gasteiger partial charge on any atom is -0.472 e. The average molecular weight is 285 g/mol. The molecule has 0 saturated heterocycles. The van der Waals surface area contributed by atoms with Gasteiger partial charge in [0.05, 0.1) is 0 Å². The fraction of sp³-hybridized carbons (Fsp3) is 0.929. The van der Waals surface area contributed by atoms with E-state index in [0.717, 1.165) is 0 Å². The molecule has 19 heavy (non-hydrogen) atoms. The van der Waals surface area contributed by atoms with Crippen molar-refractivity contribution in [1.29, 1.82) is 0 Å². The number of hydrogen-bond acceptors (Lipinski definition) is 3. The Hall–Kier alpha value is -0.580. The molecule has 1 heterocycles. The molecule has 0 unspecified atom stereocenters. The van der Waals surface area contributed by atoms with E-state index >= 15 is 0 Å². The van der Waals surface area contributed by atoms with Gasteiger partial charge in [-0.1, -0.05) is 19.3 Å². The van der Waals surface area contributed by atoms with Crippen LogP contribution in [-0.4, -0.2) is 24.7 Å². The van der Waals surface area contributed by atoms with Gasteiger partial charge in [0.15, 0.2) is 0 Å². The van der Waals surface area contributed by atoms with Crippen LogP contribution in [0.25, 0.3) is 0 Å². The monoisotopic (exact) mass is 285 g/mol. The predicted octanol–water partition coefficient (Wildman–Crippen LogP) is 3.03. The molecule has 0 amide bonds. The van der Waals surface area contributed by atoms with Crippen LogP contribution in [0.4, 0.5) is 0 Å². The third-order valence-corrected chi connectivity index (χ3v) is 7.41. The van der Waals surface area contributed by atoms with Crippen LogP contribution in [0.1, 0.15) is 65.2 Å². The van der Waals surface area contributed by atoms with Crippen LogP contribution in [0.5, 0.6) is 0 Å². The maximum Gasteiger partial charge on any atom is 0.265 e. The summed E-state index contributed by atoms with van der Waals surface area (Å²) in [5.41, 5.74) is -0.627. The third-order valence-electron chi connectivity index (χ3n) is 5.08. The van der Waals surface area contributed by atoms with E-state index in [1.54, 1.807) is 0 Å². The van der Waals surface area contributed by atoms with Crippen molar-refractivity contribution in [2.45, 2.75) is 75.6 Å². The SMILES string of the molecule is CC1(C)OC(CC2CCCCC2)=NS(=O)(=O)C12CC2. The van der Waals surface area contributed by atoms with Gasteiger partial charge in [-0.05, 0) is 45.4 Å². The summed E-state index contributed by atoms with van der Waals surface area (Å²) in [6.07, 6.45) is 8.21. The van der Waals surface area contributed by atoms with Crippen LogP contribution >= 0.6 is 0 Å². The number of rotatable bonds is 2. The summed E-state index contributed by atoms with van der Waals surface area (Å²) in [5.74, 6) is 1.00. The van der Waals surface area contributed by atoms with Crippen LogP contribution in [-0.2, 0) is 14.8 Å². The number of ether oxygens (including phenoxy) is 1. The van der Waals surface area contributed by atoms with Crippen molar-refractivity contribution < 1.29 is 13.2 Å². The molecule has 0 aromatic rings. The summed E-state index contributed by atoms with van der Waals surface area (Å²) >= 11 is 0. The Morgan fingerprint density at radius 3 is 2.37 bits per heavy atom. The summed E-state index contributed by atoms with van der Waals surface area (Å²) in [4.78, 5) is 0. The van der Waals surface area contributed by atoms with Crippen LogP contribution in [0.2, 0.25) is 0 Å². The average Bonchev–Trinajstić information content (AvgIpc) is 3.08. The molecular weight excluding hydrogens is 262 g/mol. The summed E-state index contributed by atoms with van der Waals surface area (Å²) in [7, 11) is -3.39. The molecule has 108 valence electrons. The van der Waals surface area contributed by atoms with Gasteiger partial charge in [0, 0.05) is 6.42 Å². The van der Waals surface area contributed by atoms with E-state index in [4.69, 9.17) is 4.74 Å². The fourth-order valence-electron chi connectivity index (χ4n) is 3.63. The van der Waals surface area contributed by atoms with Crippen molar-refractivity contribution in [3.63, 3.8) is 0 Å². The molecule has 5 heteroatoms. The van der Waals surface area contributed by atoms with Gasteiger partial charge in [-0.3, -0.25) is 0 Å². The van der Waals surface area contributed by atoms with E-state index in [-0.39, 0.29) is 0 Å². The van der Waals surface area contributed by atoms with Crippen molar-refractivity contribution in [2.75, 3.05) is 0 Å². The molecule has 3 rings (SSSR count). The molecule has 0 aromatic heterocycles. The number of sulfonamides is 1. The standard InChI is InChI=1S/C14H23NO3S/c1-13(2)14(8-9-14)19(16,17)15-12(18-13)10-11-6-4-3-5-7-11/h11H,3-10H2,1-2H3. The molecule has 0 aromatic carbocycles. The molecule has 2 fully saturated rings. The van der Waals surface area contributed by atoms with Gasteiger partial charge in [-0.15, -0.1) is 4.40 Å². The molecule has 1 spiro atoms. The molecule has 4 nitrogen and oxygen atoms in total. The minimum absolute atomic E-state index is 0.453. The van der Waals surface area contributed by atoms with Crippen LogP contribution in [0.15, 0.2) is 4.40 Å². The van der Waals surface area contributed by atoms with Crippen molar-refractivity contribution >= 4 is 15.9 Å². The number of nitrogens with zero attached hydrogens (tertiary/aromatic N) is 1. The largest absolute Gasteiger partial charge is 0.472 e. The maximum absolute atomic E-state index is 12.4. The van der Waals surface area contributed by atoms with E-state index in [9.17, 15) is 8.42 Å². The lowest BCUT2D eigenvalue weighted by molar-refractivity contribution is 0.0703. The van der Waals surface area contributed by atoms with E-state index in [1.807, 2.05) is 13.8 Å². The van der Waals surface area contributed by atoms with E-state index in [0.29, 0.717) is 31.1 Å². The first-order valence-electron chi connectivity index (χ1n) is 7.39. The summed E-state index contributed by atoms with van der Waals surface area (Å²) in [6.45, 7) is 3.79. The quantitative estimate of drug-likeness (QED) is 0.783. The van der Waals surface area contributed by atoms with Crippen molar-refractivity contribution in [2.24, 2.45) is 10.3 Å². The second kappa shape index (κ2) is 4.21. The van der Waals surface area contributed by atoms with Gasteiger partial charge in [0.1, 0.15) is 10.3 Å². The highest BCUT2D eigenvalue weighted by Gasteiger charge is 2.68. The summed E-state index contributed by atoms with van der Waals surface area (Å²) in [5, 5.41) is 0. The Labute approximate surface area is 115 Å². The summed E-state index contributed by atoms with van der Waals surface area (Å²) < 4.78 is 33.9. The highest BCUT2D eigenvalue weighted by Crippen LogP contribution is 2.56. The van der Waals surface area contributed by atoms with Crippen molar-refractivity contribution in [3.05, 3.63) is 0 Å². The van der Waals surface area contributed by atoms with Crippen LogP contribution in [0.3, 0.4) is 0 Å². The van der Waals surface area contributed by atoms with Gasteiger partial charge >= 0.3 is 0 Å². The van der Waals surface area contributed by atoms with Crippen LogP contribution in [0, 0.1) is 5.92 Å². The lowest BCUT2D eigenvalue weighted by Crippen LogP contribution is -2.51. The number of hydrogen-bond donors (Lipinski definition) is 0. The summed E-state index contributed by atoms with van der Waals surface area (Å²) in [6, 6.07) is 0. The molecule has 0 atom stereocenters. The predicted molar refractivity (Wildman–Crippen MR) is 74.7 cm³/mol. The fourth-order valence-corrected chi connectivity index (χ4v) is 5.46. The van der Waals surface area contributed by atoms with Gasteiger partial charge in [0.25, 0.3) is 10.0 Å². The molecule has 2 saturated carbocycles. The van der Waals surface area contributed by atoms with Crippen molar-refractivity contribution in [3.8, 4) is 0 Å². The Kier molecular flexibility index (Phi) is 2.97. The molecule has 2 aliphatic carbocycles. The topological polar surface area (TPSA) is 55.7 Å². The highest BCUT2D eigenvalue weighted by atomic mass is 32.2. The first kappa shape index (κ1) is 13.4. The minimum atomic E-state index is -3.39. The molecule has 0 N–H and O–H groups in total. The zero-order chi connectivity index (χ0) is 13.7. The third kappa shape index (κ3) is 2.10. The molecular formula is C14H23NO3S. The molecule has 1 aliphatic heterocycles. The molecule has 0 bridgehead atoms. The lowest BCUT2D eigenvalue weighted by Gasteiger charge is -2.38. The van der Waals surface area contributed by atoms with E-state index in [2.05, 4.69) is 4.40 Å². The molecule has 3 aliphatic rings. The Morgan fingerprint density at radius 1 is 1.21 bits per heavy atom. The van der Waals surface area contributed by atoms with E-state index < -0.39 is 20.4 Å². The maximum atomic E-state index is 12.4. The first-order chi connectivity index (χ1) is 8.86. The second-order valence-corrected chi connectivity index (χ2v) is 8.69. The van der Waals surface area contributed by atoms with E-state index in [1.165, 1.54) is 32.1 Å². The van der Waals surface area contributed by atoms with Gasteiger partial charge in [-0.2, -0.15) is 0 Å². The second-order valence-electron chi connectivity index (χ2n) is 6.77. The first-order valence-corrected chi connectivity index (χ1v) is 8.83. The Morgan fingerprint density at radius 2 is 1.84 bits per heavy atom. The van der Waals surface area contributed by atoms with Gasteiger partial charge in [-0.25, -0.2) is 8.42 Å². The van der Waals surface area contributed by atoms with Crippen LogP contribution < -0.4 is 0 Å².